The van der Waals surface area contributed by atoms with Gasteiger partial charge in [0.15, 0.2) is 0 Å². The van der Waals surface area contributed by atoms with Gasteiger partial charge in [-0.25, -0.2) is 14.2 Å². The molecule has 0 spiro atoms. The molecule has 7 nitrogen and oxygen atoms in total. The lowest BCUT2D eigenvalue weighted by Crippen LogP contribution is -2.42. The summed E-state index contributed by atoms with van der Waals surface area (Å²) in [6.07, 6.45) is 7.73. The van der Waals surface area contributed by atoms with Crippen LogP contribution in [0.3, 0.4) is 0 Å². The molecule has 1 aliphatic heterocycles. The summed E-state index contributed by atoms with van der Waals surface area (Å²) in [6.45, 7) is 15.4. The van der Waals surface area contributed by atoms with Crippen molar-refractivity contribution in [2.75, 3.05) is 19.8 Å². The van der Waals surface area contributed by atoms with E-state index in [-0.39, 0.29) is 35.5 Å². The first-order valence-electron chi connectivity index (χ1n) is 15.8. The van der Waals surface area contributed by atoms with E-state index in [1.807, 2.05) is 24.1 Å². The third-order valence-corrected chi connectivity index (χ3v) is 8.77. The predicted octanol–water partition coefficient (Wildman–Crippen LogP) is 7.00. The molecule has 42 heavy (non-hydrogen) atoms. The predicted molar refractivity (Wildman–Crippen MR) is 164 cm³/mol. The number of allylic oxidation sites excluding steroid dienone is 1. The number of rotatable bonds is 10. The number of benzene rings is 1. The number of amides is 1. The maximum atomic E-state index is 14.1. The lowest BCUT2D eigenvalue weighted by molar-refractivity contribution is -0.0233. The maximum absolute atomic E-state index is 14.1. The van der Waals surface area contributed by atoms with Crippen LogP contribution in [0.2, 0.25) is 0 Å². The van der Waals surface area contributed by atoms with Crippen molar-refractivity contribution in [2.45, 2.75) is 105 Å². The summed E-state index contributed by atoms with van der Waals surface area (Å²) < 4.78 is 28.6. The maximum Gasteiger partial charge on any atom is 0.410 e. The largest absolute Gasteiger partial charge is 0.449 e. The van der Waals surface area contributed by atoms with Crippen molar-refractivity contribution in [3.05, 3.63) is 53.5 Å². The molecule has 0 saturated heterocycles. The van der Waals surface area contributed by atoms with Gasteiger partial charge in [0.25, 0.3) is 0 Å². The van der Waals surface area contributed by atoms with Crippen LogP contribution >= 0.6 is 0 Å². The Morgan fingerprint density at radius 3 is 2.69 bits per heavy atom. The van der Waals surface area contributed by atoms with E-state index in [0.29, 0.717) is 32.2 Å². The van der Waals surface area contributed by atoms with Gasteiger partial charge in [-0.2, -0.15) is 0 Å². The van der Waals surface area contributed by atoms with Gasteiger partial charge in [0.05, 0.1) is 37.3 Å². The van der Waals surface area contributed by atoms with E-state index in [9.17, 15) is 9.18 Å². The van der Waals surface area contributed by atoms with E-state index in [2.05, 4.69) is 62.7 Å². The molecular weight excluding hydrogens is 531 g/mol. The van der Waals surface area contributed by atoms with Crippen LogP contribution in [0.5, 0.6) is 0 Å². The Bertz CT molecular complexity index is 1260. The number of ether oxygens (including phenoxy) is 2. The number of nitrogens with zero attached hydrogens (tertiary/aromatic N) is 3. The normalized spacial score (nSPS) is 25.7. The zero-order valence-corrected chi connectivity index (χ0v) is 26.2. The summed E-state index contributed by atoms with van der Waals surface area (Å²) in [5.41, 5.74) is 4.60. The van der Waals surface area contributed by atoms with Crippen LogP contribution in [-0.4, -0.2) is 58.6 Å². The number of imidazole rings is 1. The van der Waals surface area contributed by atoms with Gasteiger partial charge in [0, 0.05) is 49.5 Å². The Morgan fingerprint density at radius 2 is 2.00 bits per heavy atom. The molecule has 2 heterocycles. The second-order valence-electron chi connectivity index (χ2n) is 13.8. The number of alkyl halides is 1. The molecule has 5 atom stereocenters. The van der Waals surface area contributed by atoms with E-state index >= 15 is 0 Å². The van der Waals surface area contributed by atoms with Crippen LogP contribution in [0.4, 0.5) is 9.18 Å². The molecule has 1 aromatic heterocycles. The highest BCUT2D eigenvalue weighted by Gasteiger charge is 2.37. The van der Waals surface area contributed by atoms with Crippen LogP contribution < -0.4 is 5.32 Å². The minimum Gasteiger partial charge on any atom is -0.449 e. The number of hydrogen-bond donors (Lipinski definition) is 1. The highest BCUT2D eigenvalue weighted by atomic mass is 19.1. The number of carbonyl (C=O) groups is 1. The Morgan fingerprint density at radius 1 is 1.21 bits per heavy atom. The van der Waals surface area contributed by atoms with Crippen molar-refractivity contribution >= 4 is 6.09 Å². The van der Waals surface area contributed by atoms with E-state index in [1.165, 1.54) is 24.0 Å². The molecule has 0 bridgehead atoms. The number of aromatic nitrogens is 2. The lowest BCUT2D eigenvalue weighted by atomic mass is 9.92. The Hall–Kier alpha value is -2.71. The van der Waals surface area contributed by atoms with Gasteiger partial charge >= 0.3 is 6.09 Å². The average molecular weight is 581 g/mol. The van der Waals surface area contributed by atoms with Gasteiger partial charge in [-0.05, 0) is 55.7 Å². The van der Waals surface area contributed by atoms with Crippen molar-refractivity contribution in [1.82, 2.24) is 19.8 Å². The number of halogens is 1. The van der Waals surface area contributed by atoms with Gasteiger partial charge in [-0.3, -0.25) is 4.90 Å². The second kappa shape index (κ2) is 12.9. The molecular formula is C34H49FN4O3. The van der Waals surface area contributed by atoms with Crippen molar-refractivity contribution < 1.29 is 18.7 Å². The molecule has 230 valence electrons. The molecule has 1 saturated carbocycles. The van der Waals surface area contributed by atoms with Crippen LogP contribution in [0, 0.1) is 24.2 Å². The third kappa shape index (κ3) is 7.43. The van der Waals surface area contributed by atoms with Crippen molar-refractivity contribution in [2.24, 2.45) is 17.3 Å². The second-order valence-corrected chi connectivity index (χ2v) is 13.8. The van der Waals surface area contributed by atoms with E-state index in [0.717, 1.165) is 36.6 Å². The lowest BCUT2D eigenvalue weighted by Gasteiger charge is -2.38. The zero-order valence-electron chi connectivity index (χ0n) is 26.2. The van der Waals surface area contributed by atoms with Gasteiger partial charge in [-0.1, -0.05) is 52.0 Å². The van der Waals surface area contributed by atoms with Crippen LogP contribution in [-0.2, 0) is 22.6 Å². The zero-order chi connectivity index (χ0) is 30.0. The topological polar surface area (TPSA) is 68.6 Å². The molecule has 0 radical (unpaired) electrons. The summed E-state index contributed by atoms with van der Waals surface area (Å²) in [4.78, 5) is 20.1. The van der Waals surface area contributed by atoms with E-state index in [1.54, 1.807) is 6.08 Å². The van der Waals surface area contributed by atoms with Gasteiger partial charge in [0.2, 0.25) is 0 Å². The van der Waals surface area contributed by atoms with Crippen molar-refractivity contribution in [1.29, 1.82) is 0 Å². The number of carbonyl (C=O) groups excluding carboxylic acids is 1. The summed E-state index contributed by atoms with van der Waals surface area (Å²) in [6, 6.07) is 7.08. The first kappa shape index (κ1) is 30.7. The van der Waals surface area contributed by atoms with Gasteiger partial charge < -0.3 is 19.4 Å². The Labute approximate surface area is 250 Å². The minimum atomic E-state index is -0.962. The van der Waals surface area contributed by atoms with E-state index in [4.69, 9.17) is 14.5 Å². The van der Waals surface area contributed by atoms with E-state index < -0.39 is 6.17 Å². The molecule has 2 aromatic rings. The average Bonchev–Trinajstić information content (AvgIpc) is 3.68. The highest BCUT2D eigenvalue weighted by Crippen LogP contribution is 2.38. The van der Waals surface area contributed by atoms with Crippen LogP contribution in [0.25, 0.3) is 11.3 Å². The highest BCUT2D eigenvalue weighted by molar-refractivity contribution is 5.68. The molecule has 2 aliphatic carbocycles. The molecule has 5 unspecified atom stereocenters. The first-order chi connectivity index (χ1) is 20.0. The Balaban J connectivity index is 1.40. The molecule has 1 aromatic carbocycles. The molecule has 5 rings (SSSR count). The summed E-state index contributed by atoms with van der Waals surface area (Å²) >= 11 is 0. The summed E-state index contributed by atoms with van der Waals surface area (Å²) in [5, 5.41) is 3.62. The smallest absolute Gasteiger partial charge is 0.410 e. The van der Waals surface area contributed by atoms with Gasteiger partial charge in [0.1, 0.15) is 12.0 Å². The number of fused-ring (bicyclic) bond motifs is 1. The fourth-order valence-electron chi connectivity index (χ4n) is 6.07. The standard InChI is InChI=1S/C34H49FN4O3/c1-7-38(33(40)42-21-34(4,5)6)29-15-24(20-41-31-16-27(35)11-8-22(31)2)19-39-30(18-37-32(29)39)25-9-10-26(23(3)14-25)17-36-28-12-13-28/h8-11,14,18,22,24,27-29,31,36H,7,12-13,15-17,19-21H2,1-6H3. The number of hydrogen-bond acceptors (Lipinski definition) is 5. The minimum absolute atomic E-state index is 0.124. The number of nitrogens with one attached hydrogen (secondary N) is 1. The SMILES string of the molecule is CCN(C(=O)OCC(C)(C)C)C1CC(COC2CC(F)C=CC2C)Cn2c(-c3ccc(CNC4CC4)c(C)c3)cnc21. The summed E-state index contributed by atoms with van der Waals surface area (Å²) in [5.74, 6) is 1.19. The molecule has 3 aliphatic rings. The Kier molecular flexibility index (Phi) is 9.43. The van der Waals surface area contributed by atoms with Crippen molar-refractivity contribution in [3.63, 3.8) is 0 Å². The fraction of sp³-hybridized carbons (Fsp3) is 0.647. The van der Waals surface area contributed by atoms with Gasteiger partial charge in [-0.15, -0.1) is 0 Å². The monoisotopic (exact) mass is 580 g/mol. The number of aryl methyl sites for hydroxylation is 1. The molecule has 1 fully saturated rings. The van der Waals surface area contributed by atoms with Crippen LogP contribution in [0.1, 0.15) is 83.3 Å². The van der Waals surface area contributed by atoms with Crippen molar-refractivity contribution in [3.8, 4) is 11.3 Å². The fourth-order valence-corrected chi connectivity index (χ4v) is 6.07. The first-order valence-corrected chi connectivity index (χ1v) is 15.8. The third-order valence-electron chi connectivity index (χ3n) is 8.77. The molecule has 1 amide bonds. The molecule has 1 N–H and O–H groups in total. The quantitative estimate of drug-likeness (QED) is 0.307. The molecule has 8 heteroatoms. The summed E-state index contributed by atoms with van der Waals surface area (Å²) in [7, 11) is 0. The van der Waals surface area contributed by atoms with Crippen LogP contribution in [0.15, 0.2) is 36.5 Å².